The van der Waals surface area contributed by atoms with Gasteiger partial charge in [-0.15, -0.1) is 0 Å². The lowest BCUT2D eigenvalue weighted by Gasteiger charge is -2.42. The second kappa shape index (κ2) is 12.5. The van der Waals surface area contributed by atoms with Crippen molar-refractivity contribution in [3.63, 3.8) is 0 Å². The average molecular weight is 617 g/mol. The number of fused-ring (bicyclic) bond motifs is 1. The van der Waals surface area contributed by atoms with Crippen molar-refractivity contribution in [1.29, 1.82) is 0 Å². The van der Waals surface area contributed by atoms with Gasteiger partial charge in [0.1, 0.15) is 11.5 Å². The zero-order valence-electron chi connectivity index (χ0n) is 23.6. The molecule has 2 aliphatic heterocycles. The minimum absolute atomic E-state index is 0.00179. The van der Waals surface area contributed by atoms with Gasteiger partial charge >= 0.3 is 0 Å². The first kappa shape index (κ1) is 29.7. The van der Waals surface area contributed by atoms with Gasteiger partial charge in [0.15, 0.2) is 5.60 Å². The number of rotatable bonds is 10. The first-order chi connectivity index (χ1) is 18.5. The number of hydrogen-bond donors (Lipinski definition) is 1. The third-order valence-electron chi connectivity index (χ3n) is 7.52. The molecule has 39 heavy (non-hydrogen) atoms. The van der Waals surface area contributed by atoms with Crippen molar-refractivity contribution in [2.24, 2.45) is 0 Å². The number of carbonyl (C=O) groups excluding carboxylic acids is 2. The van der Waals surface area contributed by atoms with Crippen LogP contribution in [0.1, 0.15) is 80.7 Å². The van der Waals surface area contributed by atoms with Crippen molar-refractivity contribution in [3.05, 3.63) is 61.5 Å². The van der Waals surface area contributed by atoms with Crippen LogP contribution in [0.5, 0.6) is 11.5 Å². The highest BCUT2D eigenvalue weighted by atomic mass is 79.9. The Hall–Kier alpha value is -2.29. The number of amides is 2. The smallest absolute Gasteiger partial charge is 0.290 e. The van der Waals surface area contributed by atoms with Crippen LogP contribution in [0.3, 0.4) is 0 Å². The highest BCUT2D eigenvalue weighted by molar-refractivity contribution is 9.10. The molecule has 2 aliphatic rings. The quantitative estimate of drug-likeness (QED) is 0.165. The van der Waals surface area contributed by atoms with Gasteiger partial charge < -0.3 is 14.2 Å². The summed E-state index contributed by atoms with van der Waals surface area (Å²) in [5.74, 6) is 1.19. The second-order valence-electron chi connectivity index (χ2n) is 10.8. The SMILES string of the molecule is CCCCCC(C)OC(Oc1ccc(/C=C2/SC(=O)NC2=O)cc1Br)C1(C)CCc2c(C)cc(C)c(C)c2O1. The third kappa shape index (κ3) is 6.90. The molecule has 3 atom stereocenters. The molecule has 210 valence electrons. The number of nitrogens with one attached hydrogen (secondary N) is 1. The van der Waals surface area contributed by atoms with Gasteiger partial charge in [0.05, 0.1) is 15.5 Å². The highest BCUT2D eigenvalue weighted by Crippen LogP contribution is 2.42. The molecule has 2 heterocycles. The Morgan fingerprint density at radius 2 is 1.95 bits per heavy atom. The highest BCUT2D eigenvalue weighted by Gasteiger charge is 2.44. The van der Waals surface area contributed by atoms with Crippen LogP contribution < -0.4 is 14.8 Å². The molecule has 2 amide bonds. The summed E-state index contributed by atoms with van der Waals surface area (Å²) in [6.07, 6.45) is 7.08. The van der Waals surface area contributed by atoms with Gasteiger partial charge in [0, 0.05) is 0 Å². The maximum Gasteiger partial charge on any atom is 0.290 e. The van der Waals surface area contributed by atoms with Gasteiger partial charge in [-0.3, -0.25) is 14.9 Å². The van der Waals surface area contributed by atoms with Gasteiger partial charge in [-0.1, -0.05) is 38.3 Å². The first-order valence-electron chi connectivity index (χ1n) is 13.7. The maximum absolute atomic E-state index is 12.0. The molecule has 1 N–H and O–H groups in total. The van der Waals surface area contributed by atoms with E-state index in [0.29, 0.717) is 10.7 Å². The van der Waals surface area contributed by atoms with E-state index in [4.69, 9.17) is 14.2 Å². The molecule has 1 fully saturated rings. The number of ether oxygens (including phenoxy) is 3. The van der Waals surface area contributed by atoms with Gasteiger partial charge in [0.25, 0.3) is 11.1 Å². The van der Waals surface area contributed by atoms with Gasteiger partial charge in [-0.25, -0.2) is 0 Å². The van der Waals surface area contributed by atoms with E-state index in [0.717, 1.165) is 65.2 Å². The van der Waals surface area contributed by atoms with Crippen LogP contribution in [0.4, 0.5) is 4.79 Å². The van der Waals surface area contributed by atoms with Crippen LogP contribution in [-0.2, 0) is 16.0 Å². The number of halogens is 1. The van der Waals surface area contributed by atoms with E-state index in [1.807, 2.05) is 18.2 Å². The Labute approximate surface area is 244 Å². The molecule has 2 aromatic carbocycles. The fourth-order valence-corrected chi connectivity index (χ4v) is 6.20. The molecule has 6 nitrogen and oxygen atoms in total. The van der Waals surface area contributed by atoms with Crippen molar-refractivity contribution in [2.75, 3.05) is 0 Å². The Morgan fingerprint density at radius 1 is 1.18 bits per heavy atom. The molecule has 0 aliphatic carbocycles. The zero-order chi connectivity index (χ0) is 28.3. The van der Waals surface area contributed by atoms with Crippen molar-refractivity contribution < 1.29 is 23.8 Å². The van der Waals surface area contributed by atoms with Crippen LogP contribution in [0, 0.1) is 20.8 Å². The van der Waals surface area contributed by atoms with Crippen molar-refractivity contribution in [1.82, 2.24) is 5.32 Å². The van der Waals surface area contributed by atoms with Crippen molar-refractivity contribution >= 4 is 44.9 Å². The van der Waals surface area contributed by atoms with E-state index in [-0.39, 0.29) is 17.3 Å². The van der Waals surface area contributed by atoms with E-state index in [1.54, 1.807) is 6.08 Å². The molecule has 8 heteroatoms. The lowest BCUT2D eigenvalue weighted by atomic mass is 9.87. The van der Waals surface area contributed by atoms with Crippen LogP contribution >= 0.6 is 27.7 Å². The number of aryl methyl sites for hydroxylation is 2. The predicted molar refractivity (Wildman–Crippen MR) is 160 cm³/mol. The van der Waals surface area contributed by atoms with Crippen LogP contribution in [0.2, 0.25) is 0 Å². The normalized spacial score (nSPS) is 21.4. The Kier molecular flexibility index (Phi) is 9.50. The summed E-state index contributed by atoms with van der Waals surface area (Å²) in [4.78, 5) is 23.8. The zero-order valence-corrected chi connectivity index (χ0v) is 26.0. The number of thioether (sulfide) groups is 1. The minimum atomic E-state index is -0.698. The van der Waals surface area contributed by atoms with Crippen LogP contribution in [0.25, 0.3) is 6.08 Å². The summed E-state index contributed by atoms with van der Waals surface area (Å²) in [7, 11) is 0. The van der Waals surface area contributed by atoms with Crippen LogP contribution in [-0.4, -0.2) is 29.1 Å². The lowest BCUT2D eigenvalue weighted by molar-refractivity contribution is -0.206. The van der Waals surface area contributed by atoms with Crippen molar-refractivity contribution in [2.45, 2.75) is 98.1 Å². The van der Waals surface area contributed by atoms with E-state index >= 15 is 0 Å². The number of benzene rings is 2. The molecular weight excluding hydrogens is 578 g/mol. The molecule has 0 spiro atoms. The number of unbranched alkanes of at least 4 members (excludes halogenated alkanes) is 2. The Bertz CT molecular complexity index is 1290. The summed E-state index contributed by atoms with van der Waals surface area (Å²) in [6, 6.07) is 7.82. The van der Waals surface area contributed by atoms with E-state index in [1.165, 1.54) is 23.1 Å². The molecule has 2 aromatic rings. The molecule has 0 radical (unpaired) electrons. The Morgan fingerprint density at radius 3 is 2.62 bits per heavy atom. The fourth-order valence-electron chi connectivity index (χ4n) is 5.02. The van der Waals surface area contributed by atoms with Crippen molar-refractivity contribution in [3.8, 4) is 11.5 Å². The number of hydrogen-bond acceptors (Lipinski definition) is 6. The molecule has 0 saturated carbocycles. The minimum Gasteiger partial charge on any atom is -0.480 e. The lowest BCUT2D eigenvalue weighted by Crippen LogP contribution is -2.53. The average Bonchev–Trinajstić information content (AvgIpc) is 3.19. The van der Waals surface area contributed by atoms with Gasteiger partial charge in [0.2, 0.25) is 6.29 Å². The van der Waals surface area contributed by atoms with Gasteiger partial charge in [-0.2, -0.15) is 0 Å². The molecule has 0 bridgehead atoms. The molecule has 1 saturated heterocycles. The maximum atomic E-state index is 12.0. The predicted octanol–water partition coefficient (Wildman–Crippen LogP) is 8.17. The fraction of sp³-hybridized carbons (Fsp3) is 0.484. The summed E-state index contributed by atoms with van der Waals surface area (Å²) in [5.41, 5.74) is 4.96. The monoisotopic (exact) mass is 615 g/mol. The molecule has 4 rings (SSSR count). The van der Waals surface area contributed by atoms with E-state index in [9.17, 15) is 9.59 Å². The first-order valence-corrected chi connectivity index (χ1v) is 15.3. The standard InChI is InChI=1S/C31H38BrNO5S/c1-7-8-9-10-20(4)36-29(31(6)14-13-23-19(3)15-18(2)21(5)27(23)38-31)37-25-12-11-22(16-24(25)32)17-26-28(34)33-30(35)39-26/h11-12,15-17,20,29H,7-10,13-14H2,1-6H3,(H,33,34,35)/b26-17+. The summed E-state index contributed by atoms with van der Waals surface area (Å²) >= 11 is 4.54. The van der Waals surface area contributed by atoms with Crippen LogP contribution in [0.15, 0.2) is 33.6 Å². The Balaban J connectivity index is 1.61. The molecular formula is C31H38BrNO5S. The van der Waals surface area contributed by atoms with E-state index < -0.39 is 11.9 Å². The third-order valence-corrected chi connectivity index (χ3v) is 8.95. The second-order valence-corrected chi connectivity index (χ2v) is 12.7. The van der Waals surface area contributed by atoms with E-state index in [2.05, 4.69) is 68.9 Å². The summed E-state index contributed by atoms with van der Waals surface area (Å²) in [6.45, 7) is 12.8. The number of carbonyl (C=O) groups is 2. The largest absolute Gasteiger partial charge is 0.480 e. The summed E-state index contributed by atoms with van der Waals surface area (Å²) in [5, 5.41) is 1.92. The molecule has 3 unspecified atom stereocenters. The topological polar surface area (TPSA) is 73.9 Å². The van der Waals surface area contributed by atoms with Gasteiger partial charge in [-0.05, 0) is 128 Å². The molecule has 0 aromatic heterocycles. The number of imide groups is 1. The summed E-state index contributed by atoms with van der Waals surface area (Å²) < 4.78 is 20.7.